The minimum Gasteiger partial charge on any atom is -0.467 e. The van der Waals surface area contributed by atoms with Crippen molar-refractivity contribution in [1.29, 1.82) is 0 Å². The van der Waals surface area contributed by atoms with Crippen LogP contribution >= 0.6 is 0 Å². The van der Waals surface area contributed by atoms with Gasteiger partial charge < -0.3 is 10.1 Å². The molecular weight excluding hydrogens is 349 g/mol. The van der Waals surface area contributed by atoms with Crippen LogP contribution in [-0.2, 0) is 12.7 Å². The van der Waals surface area contributed by atoms with Crippen molar-refractivity contribution < 1.29 is 17.9 Å². The van der Waals surface area contributed by atoms with Crippen molar-refractivity contribution in [2.75, 3.05) is 25.5 Å². The van der Waals surface area contributed by atoms with Gasteiger partial charge in [0.05, 0.1) is 12.8 Å². The van der Waals surface area contributed by atoms with E-state index in [1.807, 2.05) is 6.07 Å². The molecule has 1 N–H and O–H groups in total. The molecule has 1 saturated heterocycles. The first-order valence-corrected chi connectivity index (χ1v) is 8.18. The summed E-state index contributed by atoms with van der Waals surface area (Å²) in [6, 6.07) is 3.19. The number of anilines is 1. The Morgan fingerprint density at radius 3 is 2.69 bits per heavy atom. The highest BCUT2D eigenvalue weighted by Crippen LogP contribution is 2.28. The number of aromatic nitrogens is 4. The molecule has 0 radical (unpaired) electrons. The van der Waals surface area contributed by atoms with Gasteiger partial charge >= 0.3 is 12.2 Å². The fourth-order valence-electron chi connectivity index (χ4n) is 2.83. The van der Waals surface area contributed by atoms with Crippen LogP contribution in [0.5, 0.6) is 6.01 Å². The van der Waals surface area contributed by atoms with E-state index in [0.717, 1.165) is 44.0 Å². The van der Waals surface area contributed by atoms with Crippen molar-refractivity contribution >= 4 is 5.82 Å². The van der Waals surface area contributed by atoms with Crippen LogP contribution in [0.4, 0.5) is 19.0 Å². The Hall–Kier alpha value is -2.49. The van der Waals surface area contributed by atoms with Gasteiger partial charge in [-0.05, 0) is 18.9 Å². The summed E-state index contributed by atoms with van der Waals surface area (Å²) in [4.78, 5) is 17.7. The van der Waals surface area contributed by atoms with Gasteiger partial charge in [0, 0.05) is 37.9 Å². The highest BCUT2D eigenvalue weighted by molar-refractivity contribution is 5.36. The van der Waals surface area contributed by atoms with E-state index in [2.05, 4.69) is 30.2 Å². The zero-order chi connectivity index (χ0) is 18.6. The Morgan fingerprint density at radius 2 is 2.00 bits per heavy atom. The van der Waals surface area contributed by atoms with Crippen LogP contribution in [0.2, 0.25) is 0 Å². The van der Waals surface area contributed by atoms with Gasteiger partial charge in [0.2, 0.25) is 0 Å². The van der Waals surface area contributed by atoms with E-state index >= 15 is 0 Å². The lowest BCUT2D eigenvalue weighted by Gasteiger charge is -2.32. The second kappa shape index (κ2) is 7.81. The zero-order valence-electron chi connectivity index (χ0n) is 14.2. The van der Waals surface area contributed by atoms with Crippen LogP contribution in [0.3, 0.4) is 0 Å². The summed E-state index contributed by atoms with van der Waals surface area (Å²) in [5.41, 5.74) is -0.0703. The predicted octanol–water partition coefficient (Wildman–Crippen LogP) is 2.37. The van der Waals surface area contributed by atoms with E-state index in [4.69, 9.17) is 4.74 Å². The quantitative estimate of drug-likeness (QED) is 0.868. The number of ether oxygens (including phenoxy) is 1. The highest BCUT2D eigenvalue weighted by Gasteiger charge is 2.33. The average molecular weight is 368 g/mol. The monoisotopic (exact) mass is 368 g/mol. The number of nitrogens with one attached hydrogen (secondary N) is 1. The predicted molar refractivity (Wildman–Crippen MR) is 87.5 cm³/mol. The molecule has 0 aromatic carbocycles. The van der Waals surface area contributed by atoms with Gasteiger partial charge in [0.15, 0.2) is 0 Å². The van der Waals surface area contributed by atoms with Gasteiger partial charge in [-0.1, -0.05) is 0 Å². The highest BCUT2D eigenvalue weighted by atomic mass is 19.4. The van der Waals surface area contributed by atoms with Crippen molar-refractivity contribution in [3.63, 3.8) is 0 Å². The summed E-state index contributed by atoms with van der Waals surface area (Å²) in [6.45, 7) is 2.29. The van der Waals surface area contributed by atoms with E-state index in [1.54, 1.807) is 6.20 Å². The van der Waals surface area contributed by atoms with Crippen LogP contribution in [-0.4, -0.2) is 51.1 Å². The molecule has 3 rings (SSSR count). The molecule has 0 atom stereocenters. The third-order valence-corrected chi connectivity index (χ3v) is 4.16. The van der Waals surface area contributed by atoms with Gasteiger partial charge in [-0.2, -0.15) is 18.2 Å². The lowest BCUT2D eigenvalue weighted by atomic mass is 10.0. The van der Waals surface area contributed by atoms with Crippen LogP contribution in [0.25, 0.3) is 0 Å². The van der Waals surface area contributed by atoms with Crippen LogP contribution in [0, 0.1) is 0 Å². The van der Waals surface area contributed by atoms with Gasteiger partial charge in [0.25, 0.3) is 0 Å². The van der Waals surface area contributed by atoms with Gasteiger partial charge in [-0.3, -0.25) is 4.90 Å². The molecule has 0 bridgehead atoms. The largest absolute Gasteiger partial charge is 0.467 e. The molecule has 1 fully saturated rings. The molecule has 0 spiro atoms. The molecule has 2 aromatic rings. The smallest absolute Gasteiger partial charge is 0.433 e. The molecule has 3 heterocycles. The summed E-state index contributed by atoms with van der Waals surface area (Å²) in [7, 11) is 1.52. The first-order chi connectivity index (χ1) is 12.4. The van der Waals surface area contributed by atoms with E-state index in [9.17, 15) is 13.2 Å². The second-order valence-electron chi connectivity index (χ2n) is 6.02. The summed E-state index contributed by atoms with van der Waals surface area (Å²) in [6.07, 6.45) is -0.284. The molecule has 1 aliphatic heterocycles. The maximum absolute atomic E-state index is 12.7. The number of alkyl halides is 3. The first kappa shape index (κ1) is 18.3. The molecule has 10 heteroatoms. The molecule has 7 nitrogen and oxygen atoms in total. The number of rotatable bonds is 5. The van der Waals surface area contributed by atoms with Crippen molar-refractivity contribution in [2.45, 2.75) is 31.6 Å². The molecule has 1 aliphatic rings. The lowest BCUT2D eigenvalue weighted by Crippen LogP contribution is -2.39. The van der Waals surface area contributed by atoms with E-state index in [-0.39, 0.29) is 11.9 Å². The Kier molecular flexibility index (Phi) is 5.50. The van der Waals surface area contributed by atoms with Crippen molar-refractivity contribution in [1.82, 2.24) is 24.8 Å². The Balaban J connectivity index is 1.52. The number of likely N-dealkylation sites (tertiary alicyclic amines) is 1. The van der Waals surface area contributed by atoms with Crippen molar-refractivity contribution in [3.05, 3.63) is 36.0 Å². The second-order valence-corrected chi connectivity index (χ2v) is 6.02. The Bertz CT molecular complexity index is 734. The van der Waals surface area contributed by atoms with Crippen molar-refractivity contribution in [3.8, 4) is 6.01 Å². The molecule has 0 amide bonds. The van der Waals surface area contributed by atoms with E-state index in [1.165, 1.54) is 7.11 Å². The molecule has 0 aliphatic carbocycles. The zero-order valence-corrected chi connectivity index (χ0v) is 14.2. The molecule has 0 saturated carbocycles. The normalized spacial score (nSPS) is 16.5. The third-order valence-electron chi connectivity index (χ3n) is 4.16. The van der Waals surface area contributed by atoms with Crippen LogP contribution < -0.4 is 10.1 Å². The first-order valence-electron chi connectivity index (χ1n) is 8.18. The minimum atomic E-state index is -4.47. The van der Waals surface area contributed by atoms with Gasteiger partial charge in [-0.25, -0.2) is 15.0 Å². The topological polar surface area (TPSA) is 76.1 Å². The fraction of sp³-hybridized carbons (Fsp3) is 0.500. The number of piperidine rings is 1. The van der Waals surface area contributed by atoms with Gasteiger partial charge in [-0.15, -0.1) is 0 Å². The summed E-state index contributed by atoms with van der Waals surface area (Å²) < 4.78 is 43.2. The van der Waals surface area contributed by atoms with Gasteiger partial charge in [0.1, 0.15) is 17.8 Å². The minimum absolute atomic E-state index is 0.0715. The summed E-state index contributed by atoms with van der Waals surface area (Å²) in [5, 5.41) is 3.07. The van der Waals surface area contributed by atoms with E-state index < -0.39 is 11.9 Å². The molecular formula is C16H19F3N6O. The Labute approximate surface area is 148 Å². The van der Waals surface area contributed by atoms with E-state index in [0.29, 0.717) is 12.6 Å². The summed E-state index contributed by atoms with van der Waals surface area (Å²) in [5.74, 6) is 0.200. The molecule has 2 aromatic heterocycles. The third kappa shape index (κ3) is 4.78. The standard InChI is InChI=1S/C16H19F3N6O/c1-26-15-20-5-2-12(24-15)9-25-6-3-11(4-7-25)23-14-8-13(16(17,18)19)21-10-22-14/h2,5,8,10-11H,3-4,6-7,9H2,1H3,(H,21,22,23). The van der Waals surface area contributed by atoms with Crippen molar-refractivity contribution in [2.24, 2.45) is 0 Å². The summed E-state index contributed by atoms with van der Waals surface area (Å²) >= 11 is 0. The average Bonchev–Trinajstić information content (AvgIpc) is 2.63. The van der Waals surface area contributed by atoms with Crippen LogP contribution in [0.15, 0.2) is 24.7 Å². The fourth-order valence-corrected chi connectivity index (χ4v) is 2.83. The molecule has 0 unspecified atom stereocenters. The number of hydrogen-bond donors (Lipinski definition) is 1. The maximum atomic E-state index is 12.7. The molecule has 26 heavy (non-hydrogen) atoms. The lowest BCUT2D eigenvalue weighted by molar-refractivity contribution is -0.141. The van der Waals surface area contributed by atoms with Crippen LogP contribution in [0.1, 0.15) is 24.2 Å². The maximum Gasteiger partial charge on any atom is 0.433 e. The Morgan fingerprint density at radius 1 is 1.23 bits per heavy atom. The SMILES string of the molecule is COc1nccc(CN2CCC(Nc3cc(C(F)(F)F)ncn3)CC2)n1. The number of halogens is 3. The molecule has 140 valence electrons. The number of methoxy groups -OCH3 is 1. The number of nitrogens with zero attached hydrogens (tertiary/aromatic N) is 5. The number of hydrogen-bond acceptors (Lipinski definition) is 7.